The smallest absolute Gasteiger partial charge is 0.211 e. The SMILES string of the molecule is O=C1c2ccccc2-n2c1ccc2-c1ccccc1. The van der Waals surface area contributed by atoms with Crippen molar-refractivity contribution in [2.45, 2.75) is 0 Å². The van der Waals surface area contributed by atoms with Gasteiger partial charge < -0.3 is 4.57 Å². The Labute approximate surface area is 110 Å². The molecule has 0 saturated heterocycles. The summed E-state index contributed by atoms with van der Waals surface area (Å²) in [7, 11) is 0. The quantitative estimate of drug-likeness (QED) is 0.501. The molecule has 19 heavy (non-hydrogen) atoms. The topological polar surface area (TPSA) is 22.0 Å². The maximum absolute atomic E-state index is 12.3. The highest BCUT2D eigenvalue weighted by Crippen LogP contribution is 2.34. The van der Waals surface area contributed by atoms with E-state index in [1.54, 1.807) is 0 Å². The van der Waals surface area contributed by atoms with E-state index in [1.165, 1.54) is 0 Å². The Balaban J connectivity index is 2.03. The number of carbonyl (C=O) groups is 1. The van der Waals surface area contributed by atoms with Crippen LogP contribution in [-0.4, -0.2) is 10.4 Å². The molecule has 2 aromatic carbocycles. The molecule has 0 unspecified atom stereocenters. The van der Waals surface area contributed by atoms with E-state index in [2.05, 4.69) is 12.1 Å². The zero-order valence-electron chi connectivity index (χ0n) is 10.2. The van der Waals surface area contributed by atoms with Gasteiger partial charge in [-0.2, -0.15) is 0 Å². The van der Waals surface area contributed by atoms with Crippen LogP contribution in [0.2, 0.25) is 0 Å². The summed E-state index contributed by atoms with van der Waals surface area (Å²) in [5.74, 6) is 0.109. The van der Waals surface area contributed by atoms with Gasteiger partial charge in [0.2, 0.25) is 5.78 Å². The second-order valence-corrected chi connectivity index (χ2v) is 4.65. The highest BCUT2D eigenvalue weighted by Gasteiger charge is 2.28. The van der Waals surface area contributed by atoms with Crippen molar-refractivity contribution in [3.63, 3.8) is 0 Å². The summed E-state index contributed by atoms with van der Waals surface area (Å²) < 4.78 is 2.05. The van der Waals surface area contributed by atoms with Crippen LogP contribution in [0.25, 0.3) is 16.9 Å². The molecular formula is C17H11NO. The minimum Gasteiger partial charge on any atom is -0.305 e. The third-order valence-corrected chi connectivity index (χ3v) is 3.57. The van der Waals surface area contributed by atoms with E-state index in [0.717, 1.165) is 28.2 Å². The fraction of sp³-hybridized carbons (Fsp3) is 0. The van der Waals surface area contributed by atoms with Crippen molar-refractivity contribution in [1.29, 1.82) is 0 Å². The lowest BCUT2D eigenvalue weighted by atomic mass is 10.1. The minimum atomic E-state index is 0.109. The minimum absolute atomic E-state index is 0.109. The Kier molecular flexibility index (Phi) is 2.00. The summed E-state index contributed by atoms with van der Waals surface area (Å²) in [6.07, 6.45) is 0. The van der Waals surface area contributed by atoms with E-state index in [1.807, 2.05) is 59.2 Å². The predicted octanol–water partition coefficient (Wildman–Crippen LogP) is 3.69. The van der Waals surface area contributed by atoms with Gasteiger partial charge in [-0.25, -0.2) is 0 Å². The number of rotatable bonds is 1. The van der Waals surface area contributed by atoms with Gasteiger partial charge in [0.1, 0.15) is 0 Å². The standard InChI is InChI=1S/C17H11NO/c19-17-13-8-4-5-9-15(13)18-14(10-11-16(17)18)12-6-2-1-3-7-12/h1-11H. The summed E-state index contributed by atoms with van der Waals surface area (Å²) in [6.45, 7) is 0. The molecule has 0 bridgehead atoms. The first-order chi connectivity index (χ1) is 9.36. The monoisotopic (exact) mass is 245 g/mol. The first kappa shape index (κ1) is 10.3. The summed E-state index contributed by atoms with van der Waals surface area (Å²) in [6, 6.07) is 21.8. The Morgan fingerprint density at radius 2 is 1.37 bits per heavy atom. The van der Waals surface area contributed by atoms with Gasteiger partial charge in [0, 0.05) is 5.56 Å². The molecule has 1 aliphatic heterocycles. The Bertz CT molecular complexity index is 784. The van der Waals surface area contributed by atoms with Crippen molar-refractivity contribution in [3.8, 4) is 16.9 Å². The van der Waals surface area contributed by atoms with Crippen LogP contribution in [0.1, 0.15) is 16.1 Å². The molecule has 1 aromatic heterocycles. The second-order valence-electron chi connectivity index (χ2n) is 4.65. The Morgan fingerprint density at radius 1 is 0.684 bits per heavy atom. The lowest BCUT2D eigenvalue weighted by molar-refractivity contribution is 0.104. The molecule has 3 aromatic rings. The second kappa shape index (κ2) is 3.69. The number of carbonyl (C=O) groups excluding carboxylic acids is 1. The normalized spacial score (nSPS) is 12.3. The summed E-state index contributed by atoms with van der Waals surface area (Å²) in [4.78, 5) is 12.3. The van der Waals surface area contributed by atoms with Crippen LogP contribution in [0.15, 0.2) is 66.7 Å². The van der Waals surface area contributed by atoms with Crippen LogP contribution in [0.5, 0.6) is 0 Å². The number of nitrogens with zero attached hydrogens (tertiary/aromatic N) is 1. The highest BCUT2D eigenvalue weighted by molar-refractivity contribution is 6.14. The third kappa shape index (κ3) is 1.34. The van der Waals surface area contributed by atoms with Crippen LogP contribution < -0.4 is 0 Å². The Morgan fingerprint density at radius 3 is 2.21 bits per heavy atom. The van der Waals surface area contributed by atoms with Crippen molar-refractivity contribution in [2.24, 2.45) is 0 Å². The fourth-order valence-electron chi connectivity index (χ4n) is 2.71. The van der Waals surface area contributed by atoms with Gasteiger partial charge in [-0.15, -0.1) is 0 Å². The fourth-order valence-corrected chi connectivity index (χ4v) is 2.71. The number of para-hydroxylation sites is 1. The molecule has 2 heteroatoms. The molecule has 0 fully saturated rings. The molecule has 2 heterocycles. The zero-order valence-corrected chi connectivity index (χ0v) is 10.2. The van der Waals surface area contributed by atoms with E-state index in [-0.39, 0.29) is 5.78 Å². The van der Waals surface area contributed by atoms with Crippen molar-refractivity contribution in [1.82, 2.24) is 4.57 Å². The summed E-state index contributed by atoms with van der Waals surface area (Å²) in [5, 5.41) is 0. The number of fused-ring (bicyclic) bond motifs is 3. The van der Waals surface area contributed by atoms with E-state index in [9.17, 15) is 4.79 Å². The summed E-state index contributed by atoms with van der Waals surface area (Å²) in [5.41, 5.74) is 4.70. The molecule has 0 spiro atoms. The van der Waals surface area contributed by atoms with Crippen molar-refractivity contribution in [3.05, 3.63) is 78.0 Å². The molecule has 0 amide bonds. The molecule has 0 aliphatic carbocycles. The number of hydrogen-bond acceptors (Lipinski definition) is 1. The molecule has 0 N–H and O–H groups in total. The van der Waals surface area contributed by atoms with Gasteiger partial charge in [0.05, 0.1) is 17.1 Å². The average Bonchev–Trinajstić information content (AvgIpc) is 3.02. The van der Waals surface area contributed by atoms with Crippen LogP contribution in [0.4, 0.5) is 0 Å². The molecule has 2 nitrogen and oxygen atoms in total. The van der Waals surface area contributed by atoms with Gasteiger partial charge >= 0.3 is 0 Å². The molecule has 4 rings (SSSR count). The van der Waals surface area contributed by atoms with Crippen LogP contribution in [0.3, 0.4) is 0 Å². The van der Waals surface area contributed by atoms with E-state index in [0.29, 0.717) is 0 Å². The van der Waals surface area contributed by atoms with Crippen LogP contribution >= 0.6 is 0 Å². The third-order valence-electron chi connectivity index (χ3n) is 3.57. The van der Waals surface area contributed by atoms with E-state index >= 15 is 0 Å². The first-order valence-corrected chi connectivity index (χ1v) is 6.27. The largest absolute Gasteiger partial charge is 0.305 e. The molecule has 1 aliphatic rings. The van der Waals surface area contributed by atoms with Gasteiger partial charge in [0.25, 0.3) is 0 Å². The maximum Gasteiger partial charge on any atom is 0.211 e. The number of aromatic nitrogens is 1. The van der Waals surface area contributed by atoms with Crippen molar-refractivity contribution >= 4 is 5.78 Å². The number of ketones is 1. The molecular weight excluding hydrogens is 234 g/mol. The number of benzene rings is 2. The molecule has 90 valence electrons. The lowest BCUT2D eigenvalue weighted by Crippen LogP contribution is -1.96. The Hall–Kier alpha value is -2.61. The van der Waals surface area contributed by atoms with Crippen LogP contribution in [-0.2, 0) is 0 Å². The lowest BCUT2D eigenvalue weighted by Gasteiger charge is -2.07. The van der Waals surface area contributed by atoms with Crippen molar-refractivity contribution < 1.29 is 4.79 Å². The van der Waals surface area contributed by atoms with E-state index < -0.39 is 0 Å². The molecule has 0 radical (unpaired) electrons. The number of hydrogen-bond donors (Lipinski definition) is 0. The molecule has 0 saturated carbocycles. The maximum atomic E-state index is 12.3. The highest BCUT2D eigenvalue weighted by atomic mass is 16.1. The summed E-state index contributed by atoms with van der Waals surface area (Å²) >= 11 is 0. The van der Waals surface area contributed by atoms with E-state index in [4.69, 9.17) is 0 Å². The predicted molar refractivity (Wildman–Crippen MR) is 74.6 cm³/mol. The first-order valence-electron chi connectivity index (χ1n) is 6.27. The van der Waals surface area contributed by atoms with Crippen LogP contribution in [0, 0.1) is 0 Å². The van der Waals surface area contributed by atoms with Gasteiger partial charge in [-0.05, 0) is 29.8 Å². The van der Waals surface area contributed by atoms with Crippen molar-refractivity contribution in [2.75, 3.05) is 0 Å². The van der Waals surface area contributed by atoms with Gasteiger partial charge in [-0.1, -0.05) is 42.5 Å². The molecule has 0 atom stereocenters. The average molecular weight is 245 g/mol. The van der Waals surface area contributed by atoms with Gasteiger partial charge in [0.15, 0.2) is 0 Å². The zero-order chi connectivity index (χ0) is 12.8. The van der Waals surface area contributed by atoms with Gasteiger partial charge in [-0.3, -0.25) is 4.79 Å².